The zero-order valence-corrected chi connectivity index (χ0v) is 12.4. The van der Waals surface area contributed by atoms with E-state index in [9.17, 15) is 4.79 Å². The van der Waals surface area contributed by atoms with Crippen LogP contribution in [0.1, 0.15) is 12.2 Å². The Morgan fingerprint density at radius 1 is 1.50 bits per heavy atom. The van der Waals surface area contributed by atoms with Gasteiger partial charge in [-0.05, 0) is 12.0 Å². The maximum atomic E-state index is 11.9. The third kappa shape index (κ3) is 3.66. The van der Waals surface area contributed by atoms with Gasteiger partial charge in [-0.15, -0.1) is 0 Å². The van der Waals surface area contributed by atoms with Crippen LogP contribution in [0.5, 0.6) is 0 Å². The summed E-state index contributed by atoms with van der Waals surface area (Å²) in [6, 6.07) is 1.88. The number of aromatic nitrogens is 2. The Hall–Kier alpha value is -1.69. The number of carbonyl (C=O) groups excluding carboxylic acids is 1. The lowest BCUT2D eigenvalue weighted by Crippen LogP contribution is -2.29. The minimum Gasteiger partial charge on any atom is -0.383 e. The van der Waals surface area contributed by atoms with Gasteiger partial charge in [-0.25, -0.2) is 9.97 Å². The fourth-order valence-corrected chi connectivity index (χ4v) is 2.40. The van der Waals surface area contributed by atoms with Crippen LogP contribution in [0.15, 0.2) is 12.3 Å². The number of hydrogen-bond acceptors (Lipinski definition) is 5. The Kier molecular flexibility index (Phi) is 4.89. The van der Waals surface area contributed by atoms with Gasteiger partial charge in [0.15, 0.2) is 0 Å². The number of ether oxygens (including phenoxy) is 1. The first-order chi connectivity index (χ1) is 9.60. The first kappa shape index (κ1) is 14.7. The molecular weight excluding hydrogens is 256 g/mol. The summed E-state index contributed by atoms with van der Waals surface area (Å²) in [6.07, 6.45) is 3.10. The van der Waals surface area contributed by atoms with E-state index in [1.807, 2.05) is 30.0 Å². The molecule has 1 saturated heterocycles. The van der Waals surface area contributed by atoms with Crippen molar-refractivity contribution >= 4 is 11.7 Å². The van der Waals surface area contributed by atoms with Gasteiger partial charge in [0.2, 0.25) is 5.91 Å². The molecule has 6 nitrogen and oxygen atoms in total. The summed E-state index contributed by atoms with van der Waals surface area (Å²) in [5.41, 5.74) is 0. The lowest BCUT2D eigenvalue weighted by molar-refractivity contribution is -0.128. The van der Waals surface area contributed by atoms with E-state index in [4.69, 9.17) is 4.74 Å². The Labute approximate surface area is 119 Å². The van der Waals surface area contributed by atoms with E-state index in [0.29, 0.717) is 25.5 Å². The predicted octanol–water partition coefficient (Wildman–Crippen LogP) is 0.580. The van der Waals surface area contributed by atoms with E-state index < -0.39 is 0 Å². The van der Waals surface area contributed by atoms with Crippen LogP contribution in [0.2, 0.25) is 0 Å². The van der Waals surface area contributed by atoms with Crippen LogP contribution in [0.25, 0.3) is 0 Å². The third-order valence-corrected chi connectivity index (χ3v) is 3.48. The molecule has 0 unspecified atom stereocenters. The van der Waals surface area contributed by atoms with Gasteiger partial charge in [0.1, 0.15) is 11.6 Å². The minimum absolute atomic E-state index is 0.204. The van der Waals surface area contributed by atoms with Gasteiger partial charge < -0.3 is 14.5 Å². The first-order valence-corrected chi connectivity index (χ1v) is 6.86. The number of carbonyl (C=O) groups is 1. The first-order valence-electron chi connectivity index (χ1n) is 6.86. The quantitative estimate of drug-likeness (QED) is 0.762. The standard InChI is InChI=1S/C14H22N4O2/c1-17(2)13-4-5-15-12(16-13)8-11-9-14(19)18(10-11)6-7-20-3/h4-5,11H,6-10H2,1-3H3/t11-/m1/s1. The van der Waals surface area contributed by atoms with E-state index in [2.05, 4.69) is 9.97 Å². The monoisotopic (exact) mass is 278 g/mol. The number of anilines is 1. The number of likely N-dealkylation sites (tertiary alicyclic amines) is 1. The van der Waals surface area contributed by atoms with Crippen molar-refractivity contribution in [3.63, 3.8) is 0 Å². The molecule has 1 fully saturated rings. The van der Waals surface area contributed by atoms with Gasteiger partial charge in [0.05, 0.1) is 6.61 Å². The third-order valence-electron chi connectivity index (χ3n) is 3.48. The SMILES string of the molecule is COCCN1C[C@H](Cc2nccc(N(C)C)n2)CC1=O. The molecule has 0 spiro atoms. The number of nitrogens with zero attached hydrogens (tertiary/aromatic N) is 4. The Morgan fingerprint density at radius 3 is 3.00 bits per heavy atom. The molecule has 0 N–H and O–H groups in total. The van der Waals surface area contributed by atoms with Gasteiger partial charge in [-0.2, -0.15) is 0 Å². The van der Waals surface area contributed by atoms with E-state index in [1.165, 1.54) is 0 Å². The average molecular weight is 278 g/mol. The van der Waals surface area contributed by atoms with Gasteiger partial charge in [0, 0.05) is 53.3 Å². The molecule has 1 aliphatic heterocycles. The maximum Gasteiger partial charge on any atom is 0.223 e. The molecule has 0 aromatic carbocycles. The lowest BCUT2D eigenvalue weighted by Gasteiger charge is -2.16. The van der Waals surface area contributed by atoms with Crippen LogP contribution in [0.3, 0.4) is 0 Å². The van der Waals surface area contributed by atoms with Crippen molar-refractivity contribution < 1.29 is 9.53 Å². The predicted molar refractivity (Wildman–Crippen MR) is 76.6 cm³/mol. The number of amides is 1. The van der Waals surface area contributed by atoms with Crippen molar-refractivity contribution in [3.8, 4) is 0 Å². The smallest absolute Gasteiger partial charge is 0.223 e. The maximum absolute atomic E-state index is 11.9. The van der Waals surface area contributed by atoms with Crippen molar-refractivity contribution in [2.24, 2.45) is 5.92 Å². The molecule has 1 amide bonds. The van der Waals surface area contributed by atoms with Gasteiger partial charge >= 0.3 is 0 Å². The largest absolute Gasteiger partial charge is 0.383 e. The molecule has 2 rings (SSSR count). The second-order valence-corrected chi connectivity index (χ2v) is 5.33. The Balaban J connectivity index is 1.94. The molecule has 0 bridgehead atoms. The molecule has 1 aromatic heterocycles. The molecular formula is C14H22N4O2. The van der Waals surface area contributed by atoms with E-state index in [-0.39, 0.29) is 5.91 Å². The van der Waals surface area contributed by atoms with Crippen LogP contribution in [-0.4, -0.2) is 61.7 Å². The summed E-state index contributed by atoms with van der Waals surface area (Å²) in [7, 11) is 5.56. The number of rotatable bonds is 6. The highest BCUT2D eigenvalue weighted by molar-refractivity contribution is 5.78. The molecule has 1 atom stereocenters. The molecule has 0 aliphatic carbocycles. The highest BCUT2D eigenvalue weighted by Crippen LogP contribution is 2.21. The van der Waals surface area contributed by atoms with Crippen molar-refractivity contribution in [1.29, 1.82) is 0 Å². The van der Waals surface area contributed by atoms with Crippen LogP contribution in [-0.2, 0) is 16.0 Å². The topological polar surface area (TPSA) is 58.6 Å². The molecule has 0 radical (unpaired) electrons. The summed E-state index contributed by atoms with van der Waals surface area (Å²) >= 11 is 0. The second kappa shape index (κ2) is 6.65. The minimum atomic E-state index is 0.204. The van der Waals surface area contributed by atoms with Crippen molar-refractivity contribution in [3.05, 3.63) is 18.1 Å². The van der Waals surface area contributed by atoms with Crippen molar-refractivity contribution in [2.45, 2.75) is 12.8 Å². The summed E-state index contributed by atoms with van der Waals surface area (Å²) in [6.45, 7) is 2.03. The van der Waals surface area contributed by atoms with Crippen LogP contribution < -0.4 is 4.90 Å². The van der Waals surface area contributed by atoms with E-state index in [0.717, 1.165) is 24.6 Å². The molecule has 20 heavy (non-hydrogen) atoms. The average Bonchev–Trinajstić information content (AvgIpc) is 2.76. The fraction of sp³-hybridized carbons (Fsp3) is 0.643. The molecule has 6 heteroatoms. The van der Waals surface area contributed by atoms with E-state index >= 15 is 0 Å². The lowest BCUT2D eigenvalue weighted by atomic mass is 10.0. The van der Waals surface area contributed by atoms with Gasteiger partial charge in [-0.3, -0.25) is 4.79 Å². The molecule has 2 heterocycles. The summed E-state index contributed by atoms with van der Waals surface area (Å²) in [5, 5.41) is 0. The Morgan fingerprint density at radius 2 is 2.30 bits per heavy atom. The summed E-state index contributed by atoms with van der Waals surface area (Å²) in [5.74, 6) is 2.21. The Bertz CT molecular complexity index is 464. The molecule has 110 valence electrons. The van der Waals surface area contributed by atoms with Crippen molar-refractivity contribution in [1.82, 2.24) is 14.9 Å². The zero-order valence-electron chi connectivity index (χ0n) is 12.4. The van der Waals surface area contributed by atoms with Crippen LogP contribution in [0, 0.1) is 5.92 Å². The number of hydrogen-bond donors (Lipinski definition) is 0. The molecule has 1 aromatic rings. The normalized spacial score (nSPS) is 18.6. The molecule has 0 saturated carbocycles. The van der Waals surface area contributed by atoms with Crippen LogP contribution >= 0.6 is 0 Å². The van der Waals surface area contributed by atoms with E-state index in [1.54, 1.807) is 13.3 Å². The summed E-state index contributed by atoms with van der Waals surface area (Å²) in [4.78, 5) is 24.5. The zero-order chi connectivity index (χ0) is 14.5. The van der Waals surface area contributed by atoms with Crippen molar-refractivity contribution in [2.75, 3.05) is 45.8 Å². The highest BCUT2D eigenvalue weighted by Gasteiger charge is 2.29. The fourth-order valence-electron chi connectivity index (χ4n) is 2.40. The number of methoxy groups -OCH3 is 1. The van der Waals surface area contributed by atoms with Gasteiger partial charge in [0.25, 0.3) is 0 Å². The summed E-state index contributed by atoms with van der Waals surface area (Å²) < 4.78 is 5.02. The highest BCUT2D eigenvalue weighted by atomic mass is 16.5. The van der Waals surface area contributed by atoms with Gasteiger partial charge in [-0.1, -0.05) is 0 Å². The second-order valence-electron chi connectivity index (χ2n) is 5.33. The molecule has 1 aliphatic rings. The van der Waals surface area contributed by atoms with Crippen LogP contribution in [0.4, 0.5) is 5.82 Å².